The maximum atomic E-state index is 10.5. The Labute approximate surface area is 116 Å². The van der Waals surface area contributed by atoms with Crippen molar-refractivity contribution < 1.29 is 9.84 Å². The van der Waals surface area contributed by atoms with Crippen LogP contribution in [0.25, 0.3) is 0 Å². The van der Waals surface area contributed by atoms with Crippen molar-refractivity contribution in [1.29, 1.82) is 0 Å². The van der Waals surface area contributed by atoms with Crippen LogP contribution in [0.5, 0.6) is 0 Å². The van der Waals surface area contributed by atoms with E-state index in [4.69, 9.17) is 4.74 Å². The quantitative estimate of drug-likeness (QED) is 0.880. The molecule has 0 radical (unpaired) electrons. The summed E-state index contributed by atoms with van der Waals surface area (Å²) in [5, 5.41) is 10.5. The van der Waals surface area contributed by atoms with Crippen molar-refractivity contribution in [2.45, 2.75) is 59.4 Å². The standard InChI is InChI=1S/C17H26O2/c1-15(2,3)13(18)14-16(4,5)17(6,19-14)12-10-8-7-9-11-12/h7-11,13-14,18H,1-6H3/t13-,14+,17-/m1/s1. The molecule has 0 aromatic heterocycles. The molecule has 0 saturated carbocycles. The van der Waals surface area contributed by atoms with E-state index < -0.39 is 6.10 Å². The molecule has 3 atom stereocenters. The summed E-state index contributed by atoms with van der Waals surface area (Å²) < 4.78 is 6.17. The Morgan fingerprint density at radius 2 is 1.63 bits per heavy atom. The lowest BCUT2D eigenvalue weighted by molar-refractivity contribution is -0.341. The number of rotatable bonds is 2. The van der Waals surface area contributed by atoms with E-state index in [1.165, 1.54) is 5.56 Å². The van der Waals surface area contributed by atoms with Crippen LogP contribution in [-0.4, -0.2) is 17.3 Å². The van der Waals surface area contributed by atoms with E-state index in [0.717, 1.165) is 0 Å². The first-order valence-electron chi connectivity index (χ1n) is 7.02. The molecule has 2 nitrogen and oxygen atoms in total. The van der Waals surface area contributed by atoms with Gasteiger partial charge in [0, 0.05) is 5.41 Å². The first-order valence-corrected chi connectivity index (χ1v) is 7.02. The summed E-state index contributed by atoms with van der Waals surface area (Å²) in [5.74, 6) is 0. The smallest absolute Gasteiger partial charge is 0.0985 e. The molecular formula is C17H26O2. The average Bonchev–Trinajstić information content (AvgIpc) is 2.34. The molecule has 2 heteroatoms. The van der Waals surface area contributed by atoms with Gasteiger partial charge in [-0.05, 0) is 17.9 Å². The van der Waals surface area contributed by atoms with Gasteiger partial charge in [-0.3, -0.25) is 0 Å². The summed E-state index contributed by atoms with van der Waals surface area (Å²) in [6.07, 6.45) is -0.586. The molecule has 0 aliphatic carbocycles. The van der Waals surface area contributed by atoms with Gasteiger partial charge in [-0.1, -0.05) is 65.0 Å². The molecule has 19 heavy (non-hydrogen) atoms. The van der Waals surface area contributed by atoms with Gasteiger partial charge in [0.2, 0.25) is 0 Å². The molecule has 2 rings (SSSR count). The Balaban J connectivity index is 2.27. The number of aliphatic hydroxyl groups is 1. The number of ether oxygens (including phenoxy) is 1. The lowest BCUT2D eigenvalue weighted by atomic mass is 9.59. The van der Waals surface area contributed by atoms with Crippen LogP contribution < -0.4 is 0 Å². The maximum Gasteiger partial charge on any atom is 0.0985 e. The zero-order valence-corrected chi connectivity index (χ0v) is 12.9. The highest BCUT2D eigenvalue weighted by Crippen LogP contribution is 2.58. The summed E-state index contributed by atoms with van der Waals surface area (Å²) in [7, 11) is 0. The van der Waals surface area contributed by atoms with Crippen LogP contribution in [-0.2, 0) is 10.3 Å². The highest BCUT2D eigenvalue weighted by atomic mass is 16.6. The fourth-order valence-electron chi connectivity index (χ4n) is 2.88. The predicted molar refractivity (Wildman–Crippen MR) is 77.9 cm³/mol. The van der Waals surface area contributed by atoms with Gasteiger partial charge in [0.25, 0.3) is 0 Å². The van der Waals surface area contributed by atoms with Crippen molar-refractivity contribution in [2.75, 3.05) is 0 Å². The summed E-state index contributed by atoms with van der Waals surface area (Å²) >= 11 is 0. The van der Waals surface area contributed by atoms with E-state index >= 15 is 0 Å². The normalized spacial score (nSPS) is 31.6. The zero-order chi connectivity index (χ0) is 14.5. The van der Waals surface area contributed by atoms with Crippen LogP contribution in [0, 0.1) is 10.8 Å². The second-order valence-electron chi connectivity index (χ2n) is 7.47. The van der Waals surface area contributed by atoms with Crippen LogP contribution in [0.2, 0.25) is 0 Å². The fraction of sp³-hybridized carbons (Fsp3) is 0.647. The molecule has 1 N–H and O–H groups in total. The van der Waals surface area contributed by atoms with Crippen LogP contribution in [0.15, 0.2) is 30.3 Å². The maximum absolute atomic E-state index is 10.5. The highest BCUT2D eigenvalue weighted by Gasteiger charge is 2.62. The third-order valence-electron chi connectivity index (χ3n) is 4.80. The van der Waals surface area contributed by atoms with E-state index in [1.807, 2.05) is 18.2 Å². The molecule has 0 spiro atoms. The third kappa shape index (κ3) is 2.11. The lowest BCUT2D eigenvalue weighted by Crippen LogP contribution is -2.68. The molecule has 1 aliphatic heterocycles. The molecule has 0 bridgehead atoms. The molecule has 0 unspecified atom stereocenters. The fourth-order valence-corrected chi connectivity index (χ4v) is 2.88. The van der Waals surface area contributed by atoms with Crippen molar-refractivity contribution >= 4 is 0 Å². The highest BCUT2D eigenvalue weighted by molar-refractivity contribution is 5.29. The monoisotopic (exact) mass is 262 g/mol. The van der Waals surface area contributed by atoms with Gasteiger partial charge in [0.15, 0.2) is 0 Å². The first kappa shape index (κ1) is 14.5. The summed E-state index contributed by atoms with van der Waals surface area (Å²) in [5.41, 5.74) is 0.587. The van der Waals surface area contributed by atoms with Gasteiger partial charge in [-0.25, -0.2) is 0 Å². The molecule has 1 fully saturated rings. The molecule has 0 amide bonds. The van der Waals surface area contributed by atoms with E-state index in [9.17, 15) is 5.11 Å². The molecule has 1 aromatic carbocycles. The SMILES string of the molecule is CC(C)(C)[C@H](O)[C@@H]1O[C@](C)(c2ccccc2)C1(C)C. The number of hydrogen-bond acceptors (Lipinski definition) is 2. The zero-order valence-electron chi connectivity index (χ0n) is 12.9. The Kier molecular flexibility index (Phi) is 3.31. The van der Waals surface area contributed by atoms with Gasteiger partial charge < -0.3 is 9.84 Å². The third-order valence-corrected chi connectivity index (χ3v) is 4.80. The molecule has 106 valence electrons. The van der Waals surface area contributed by atoms with Crippen molar-refractivity contribution in [3.63, 3.8) is 0 Å². The van der Waals surface area contributed by atoms with Gasteiger partial charge in [0.1, 0.15) is 0 Å². The van der Waals surface area contributed by atoms with Gasteiger partial charge in [0.05, 0.1) is 17.8 Å². The van der Waals surface area contributed by atoms with E-state index in [0.29, 0.717) is 0 Å². The molecular weight excluding hydrogens is 236 g/mol. The lowest BCUT2D eigenvalue weighted by Gasteiger charge is -2.62. The average molecular weight is 262 g/mol. The number of benzene rings is 1. The minimum Gasteiger partial charge on any atom is -0.390 e. The van der Waals surface area contributed by atoms with Crippen LogP contribution in [0.3, 0.4) is 0 Å². The van der Waals surface area contributed by atoms with E-state index in [1.54, 1.807) is 0 Å². The van der Waals surface area contributed by atoms with Crippen molar-refractivity contribution in [2.24, 2.45) is 10.8 Å². The topological polar surface area (TPSA) is 29.5 Å². The van der Waals surface area contributed by atoms with Crippen LogP contribution >= 0.6 is 0 Å². The summed E-state index contributed by atoms with van der Waals surface area (Å²) in [4.78, 5) is 0. The first-order chi connectivity index (χ1) is 8.61. The van der Waals surface area contributed by atoms with Crippen LogP contribution in [0.1, 0.15) is 47.1 Å². The van der Waals surface area contributed by atoms with Crippen LogP contribution in [0.4, 0.5) is 0 Å². The van der Waals surface area contributed by atoms with E-state index in [2.05, 4.69) is 53.7 Å². The Hall–Kier alpha value is -0.860. The second-order valence-corrected chi connectivity index (χ2v) is 7.47. The molecule has 1 aliphatic rings. The Bertz CT molecular complexity index is 444. The van der Waals surface area contributed by atoms with Crippen molar-refractivity contribution in [3.8, 4) is 0 Å². The van der Waals surface area contributed by atoms with E-state index in [-0.39, 0.29) is 22.5 Å². The number of aliphatic hydroxyl groups excluding tert-OH is 1. The Morgan fingerprint density at radius 3 is 2.05 bits per heavy atom. The molecule has 1 heterocycles. The summed E-state index contributed by atoms with van der Waals surface area (Å²) in [6, 6.07) is 10.3. The predicted octanol–water partition coefficient (Wildman–Crippen LogP) is 3.73. The van der Waals surface area contributed by atoms with Gasteiger partial charge in [-0.15, -0.1) is 0 Å². The van der Waals surface area contributed by atoms with Crippen molar-refractivity contribution in [3.05, 3.63) is 35.9 Å². The van der Waals surface area contributed by atoms with Gasteiger partial charge >= 0.3 is 0 Å². The minimum atomic E-state index is -0.459. The molecule has 1 aromatic rings. The number of hydrogen-bond donors (Lipinski definition) is 1. The van der Waals surface area contributed by atoms with Crippen molar-refractivity contribution in [1.82, 2.24) is 0 Å². The van der Waals surface area contributed by atoms with Gasteiger partial charge in [-0.2, -0.15) is 0 Å². The second kappa shape index (κ2) is 4.32. The Morgan fingerprint density at radius 1 is 1.11 bits per heavy atom. The summed E-state index contributed by atoms with van der Waals surface area (Å²) in [6.45, 7) is 12.6. The minimum absolute atomic E-state index is 0.0962. The molecule has 1 saturated heterocycles. The largest absolute Gasteiger partial charge is 0.390 e.